The lowest BCUT2D eigenvalue weighted by molar-refractivity contribution is 0.473. The van der Waals surface area contributed by atoms with Gasteiger partial charge in [0, 0.05) is 4.47 Å². The zero-order valence-electron chi connectivity index (χ0n) is 6.78. The Morgan fingerprint density at radius 1 is 1.08 bits per heavy atom. The summed E-state index contributed by atoms with van der Waals surface area (Å²) in [4.78, 5) is 0. The van der Waals surface area contributed by atoms with Crippen LogP contribution in [-0.2, 0) is 0 Å². The number of aromatic hydroxyl groups is 1. The second-order valence-electron chi connectivity index (χ2n) is 2.64. The van der Waals surface area contributed by atoms with Crippen molar-refractivity contribution >= 4 is 37.5 Å². The molecule has 0 spiro atoms. The Morgan fingerprint density at radius 2 is 1.50 bits per heavy atom. The number of halogens is 2. The van der Waals surface area contributed by atoms with E-state index in [-0.39, 0.29) is 5.75 Å². The van der Waals surface area contributed by atoms with Crippen LogP contribution < -0.4 is 5.73 Å². The highest BCUT2D eigenvalue weighted by Gasteiger charge is 2.13. The molecule has 0 atom stereocenters. The molecular weight excluding hydrogens is 286 g/mol. The van der Waals surface area contributed by atoms with Crippen molar-refractivity contribution < 1.29 is 5.11 Å². The van der Waals surface area contributed by atoms with E-state index in [9.17, 15) is 5.11 Å². The van der Waals surface area contributed by atoms with Gasteiger partial charge in [-0.1, -0.05) is 0 Å². The largest absolute Gasteiger partial charge is 0.505 e. The van der Waals surface area contributed by atoms with E-state index in [1.54, 1.807) is 0 Å². The number of phenols is 1. The number of nitrogen functional groups attached to an aromatic ring is 1. The lowest BCUT2D eigenvalue weighted by Crippen LogP contribution is -1.94. The standard InChI is InChI=1S/C8H9Br2NO/c1-3-4(2)6(10)8(12)7(11)5(3)9/h12H,11H2,1-2H3. The highest BCUT2D eigenvalue weighted by Crippen LogP contribution is 2.40. The van der Waals surface area contributed by atoms with Gasteiger partial charge < -0.3 is 10.8 Å². The Balaban J connectivity index is 3.60. The summed E-state index contributed by atoms with van der Waals surface area (Å²) in [6, 6.07) is 0. The second kappa shape index (κ2) is 3.26. The number of hydrogen-bond donors (Lipinski definition) is 2. The fourth-order valence-electron chi connectivity index (χ4n) is 0.931. The molecule has 4 heteroatoms. The molecule has 0 aliphatic carbocycles. The maximum atomic E-state index is 9.49. The Hall–Kier alpha value is -0.220. The average Bonchev–Trinajstić information content (AvgIpc) is 2.08. The molecule has 2 nitrogen and oxygen atoms in total. The Morgan fingerprint density at radius 3 is 2.00 bits per heavy atom. The van der Waals surface area contributed by atoms with Gasteiger partial charge in [0.15, 0.2) is 5.75 Å². The van der Waals surface area contributed by atoms with Crippen molar-refractivity contribution in [3.05, 3.63) is 20.1 Å². The first kappa shape index (κ1) is 9.86. The molecule has 0 fully saturated rings. The molecule has 66 valence electrons. The maximum Gasteiger partial charge on any atom is 0.154 e. The third kappa shape index (κ3) is 1.33. The van der Waals surface area contributed by atoms with Crippen LogP contribution in [0.25, 0.3) is 0 Å². The quantitative estimate of drug-likeness (QED) is 0.570. The van der Waals surface area contributed by atoms with Crippen molar-refractivity contribution in [3.63, 3.8) is 0 Å². The van der Waals surface area contributed by atoms with E-state index in [4.69, 9.17) is 5.73 Å². The highest BCUT2D eigenvalue weighted by atomic mass is 79.9. The smallest absolute Gasteiger partial charge is 0.154 e. The van der Waals surface area contributed by atoms with Gasteiger partial charge in [0.05, 0.1) is 10.2 Å². The third-order valence-electron chi connectivity index (χ3n) is 1.92. The molecule has 3 N–H and O–H groups in total. The van der Waals surface area contributed by atoms with Crippen molar-refractivity contribution in [1.82, 2.24) is 0 Å². The molecule has 0 aromatic heterocycles. The molecule has 1 aromatic carbocycles. The summed E-state index contributed by atoms with van der Waals surface area (Å²) in [6.45, 7) is 3.86. The van der Waals surface area contributed by atoms with Crippen LogP contribution in [0.2, 0.25) is 0 Å². The zero-order chi connectivity index (χ0) is 9.46. The van der Waals surface area contributed by atoms with Crippen molar-refractivity contribution in [3.8, 4) is 5.75 Å². The minimum atomic E-state index is 0.102. The predicted molar refractivity (Wildman–Crippen MR) is 57.4 cm³/mol. The first-order valence-electron chi connectivity index (χ1n) is 3.39. The van der Waals surface area contributed by atoms with Crippen LogP contribution in [0.5, 0.6) is 5.75 Å². The van der Waals surface area contributed by atoms with Crippen LogP contribution in [-0.4, -0.2) is 5.11 Å². The fourth-order valence-corrected chi connectivity index (χ4v) is 1.93. The van der Waals surface area contributed by atoms with E-state index in [0.29, 0.717) is 10.2 Å². The molecule has 0 saturated heterocycles. The number of rotatable bonds is 0. The zero-order valence-corrected chi connectivity index (χ0v) is 9.95. The van der Waals surface area contributed by atoms with Gasteiger partial charge >= 0.3 is 0 Å². The van der Waals surface area contributed by atoms with Crippen molar-refractivity contribution in [1.29, 1.82) is 0 Å². The lowest BCUT2D eigenvalue weighted by Gasteiger charge is -2.11. The summed E-state index contributed by atoms with van der Waals surface area (Å²) in [5.41, 5.74) is 8.04. The maximum absolute atomic E-state index is 9.49. The number of anilines is 1. The predicted octanol–water partition coefficient (Wildman–Crippen LogP) is 3.12. The molecule has 1 aromatic rings. The first-order chi connectivity index (χ1) is 5.46. The summed E-state index contributed by atoms with van der Waals surface area (Å²) in [5, 5.41) is 9.49. The van der Waals surface area contributed by atoms with E-state index in [0.717, 1.165) is 15.6 Å². The Bertz CT molecular complexity index is 231. The number of hydrogen-bond acceptors (Lipinski definition) is 2. The van der Waals surface area contributed by atoms with E-state index >= 15 is 0 Å². The summed E-state index contributed by atoms with van der Waals surface area (Å²) in [7, 11) is 0. The molecule has 0 amide bonds. The number of benzene rings is 1. The van der Waals surface area contributed by atoms with Gasteiger partial charge in [-0.05, 0) is 56.8 Å². The summed E-state index contributed by atoms with van der Waals surface area (Å²) in [6.07, 6.45) is 0. The molecule has 0 heterocycles. The van der Waals surface area contributed by atoms with E-state index < -0.39 is 0 Å². The van der Waals surface area contributed by atoms with Gasteiger partial charge in [0.2, 0.25) is 0 Å². The van der Waals surface area contributed by atoms with Crippen LogP contribution in [0.4, 0.5) is 5.69 Å². The average molecular weight is 295 g/mol. The summed E-state index contributed by atoms with van der Waals surface area (Å²) < 4.78 is 1.43. The number of phenolic OH excluding ortho intramolecular Hbond substituents is 1. The lowest BCUT2D eigenvalue weighted by atomic mass is 10.1. The third-order valence-corrected chi connectivity index (χ3v) is 3.91. The minimum absolute atomic E-state index is 0.102. The molecule has 0 saturated carbocycles. The summed E-state index contributed by atoms with van der Waals surface area (Å²) >= 11 is 6.57. The highest BCUT2D eigenvalue weighted by molar-refractivity contribution is 9.11. The van der Waals surface area contributed by atoms with Crippen LogP contribution in [0.3, 0.4) is 0 Å². The van der Waals surface area contributed by atoms with Crippen LogP contribution >= 0.6 is 31.9 Å². The molecule has 0 bridgehead atoms. The van der Waals surface area contributed by atoms with Crippen LogP contribution in [0, 0.1) is 13.8 Å². The van der Waals surface area contributed by atoms with Crippen molar-refractivity contribution in [2.24, 2.45) is 0 Å². The fraction of sp³-hybridized carbons (Fsp3) is 0.250. The minimum Gasteiger partial charge on any atom is -0.505 e. The summed E-state index contributed by atoms with van der Waals surface area (Å²) in [5.74, 6) is 0.102. The molecule has 0 aliphatic rings. The molecular formula is C8H9Br2NO. The molecule has 0 aliphatic heterocycles. The van der Waals surface area contributed by atoms with Gasteiger partial charge in [0.25, 0.3) is 0 Å². The van der Waals surface area contributed by atoms with Crippen LogP contribution in [0.15, 0.2) is 8.95 Å². The van der Waals surface area contributed by atoms with Crippen molar-refractivity contribution in [2.45, 2.75) is 13.8 Å². The molecule has 1 rings (SSSR count). The molecule has 0 unspecified atom stereocenters. The molecule has 0 radical (unpaired) electrons. The topological polar surface area (TPSA) is 46.2 Å². The van der Waals surface area contributed by atoms with E-state index in [1.807, 2.05) is 13.8 Å². The SMILES string of the molecule is Cc1c(C)c(Br)c(O)c(N)c1Br. The second-order valence-corrected chi connectivity index (χ2v) is 4.23. The van der Waals surface area contributed by atoms with Gasteiger partial charge in [-0.15, -0.1) is 0 Å². The number of nitrogens with two attached hydrogens (primary N) is 1. The molecule has 12 heavy (non-hydrogen) atoms. The normalized spacial score (nSPS) is 10.3. The Kier molecular flexibility index (Phi) is 2.68. The Labute approximate surface area is 88.0 Å². The monoisotopic (exact) mass is 293 g/mol. The van der Waals surface area contributed by atoms with Crippen molar-refractivity contribution in [2.75, 3.05) is 5.73 Å². The first-order valence-corrected chi connectivity index (χ1v) is 4.98. The van der Waals surface area contributed by atoms with Gasteiger partial charge in [-0.25, -0.2) is 0 Å². The van der Waals surface area contributed by atoms with Gasteiger partial charge in [-0.3, -0.25) is 0 Å². The van der Waals surface area contributed by atoms with Gasteiger partial charge in [0.1, 0.15) is 0 Å². The van der Waals surface area contributed by atoms with E-state index in [2.05, 4.69) is 31.9 Å². The van der Waals surface area contributed by atoms with E-state index in [1.165, 1.54) is 0 Å². The van der Waals surface area contributed by atoms with Crippen LogP contribution in [0.1, 0.15) is 11.1 Å². The van der Waals surface area contributed by atoms with Gasteiger partial charge in [-0.2, -0.15) is 0 Å².